The van der Waals surface area contributed by atoms with E-state index in [4.69, 9.17) is 5.11 Å². The molecule has 0 bridgehead atoms. The largest absolute Gasteiger partial charge is 0.481 e. The summed E-state index contributed by atoms with van der Waals surface area (Å²) in [6.45, 7) is 0.149. The van der Waals surface area contributed by atoms with Crippen LogP contribution in [0.1, 0.15) is 17.5 Å². The lowest BCUT2D eigenvalue weighted by Crippen LogP contribution is -2.20. The molecule has 0 radical (unpaired) electrons. The van der Waals surface area contributed by atoms with Crippen LogP contribution in [0.5, 0.6) is 0 Å². The number of rotatable bonds is 5. The molecule has 2 aromatic rings. The van der Waals surface area contributed by atoms with Crippen molar-refractivity contribution in [3.05, 3.63) is 69.9 Å². The highest BCUT2D eigenvalue weighted by molar-refractivity contribution is 5.69. The molecule has 0 aliphatic carbocycles. The van der Waals surface area contributed by atoms with Crippen molar-refractivity contribution in [3.63, 3.8) is 0 Å². The Morgan fingerprint density at radius 1 is 1.14 bits per heavy atom. The number of hydrogen-bond donors (Lipinski definition) is 1. The molecule has 1 aromatic carbocycles. The van der Waals surface area contributed by atoms with Crippen LogP contribution >= 0.6 is 0 Å². The van der Waals surface area contributed by atoms with Crippen molar-refractivity contribution in [3.8, 4) is 0 Å². The number of hydrogen-bond acceptors (Lipinski definition) is 2. The fraction of sp³-hybridized carbons (Fsp3) is 0.125. The van der Waals surface area contributed by atoms with E-state index in [2.05, 4.69) is 0 Å². The van der Waals surface area contributed by atoms with Gasteiger partial charge in [-0.1, -0.05) is 24.3 Å². The summed E-state index contributed by atoms with van der Waals surface area (Å²) in [6, 6.07) is 9.16. The SMILES string of the molecule is O=C(O)CCn1ccc(/C=C/c2ccc(F)cc2)cc1=O. The minimum atomic E-state index is -0.942. The van der Waals surface area contributed by atoms with E-state index in [1.807, 2.05) is 0 Å². The van der Waals surface area contributed by atoms with Crippen molar-refractivity contribution in [2.45, 2.75) is 13.0 Å². The first-order chi connectivity index (χ1) is 10.0. The molecule has 1 aromatic heterocycles. The molecule has 0 saturated heterocycles. The Morgan fingerprint density at radius 2 is 1.81 bits per heavy atom. The Labute approximate surface area is 120 Å². The van der Waals surface area contributed by atoms with E-state index in [-0.39, 0.29) is 24.3 Å². The maximum absolute atomic E-state index is 12.8. The Kier molecular flexibility index (Phi) is 4.66. The van der Waals surface area contributed by atoms with Gasteiger partial charge in [-0.3, -0.25) is 9.59 Å². The van der Waals surface area contributed by atoms with Crippen molar-refractivity contribution in [1.29, 1.82) is 0 Å². The summed E-state index contributed by atoms with van der Waals surface area (Å²) in [5.74, 6) is -1.24. The highest BCUT2D eigenvalue weighted by atomic mass is 19.1. The van der Waals surface area contributed by atoms with Gasteiger partial charge in [0.1, 0.15) is 5.82 Å². The van der Waals surface area contributed by atoms with Gasteiger partial charge in [-0.15, -0.1) is 0 Å². The number of benzene rings is 1. The highest BCUT2D eigenvalue weighted by Crippen LogP contribution is 2.08. The van der Waals surface area contributed by atoms with Gasteiger partial charge >= 0.3 is 5.97 Å². The molecule has 2 rings (SSSR count). The van der Waals surface area contributed by atoms with E-state index in [1.165, 1.54) is 22.8 Å². The van der Waals surface area contributed by atoms with Gasteiger partial charge in [0, 0.05) is 18.8 Å². The molecule has 0 atom stereocenters. The van der Waals surface area contributed by atoms with E-state index in [1.54, 1.807) is 36.5 Å². The van der Waals surface area contributed by atoms with Gasteiger partial charge < -0.3 is 9.67 Å². The molecule has 0 aliphatic heterocycles. The van der Waals surface area contributed by atoms with Crippen LogP contribution in [0.15, 0.2) is 47.4 Å². The van der Waals surface area contributed by atoms with Crippen LogP contribution in [0.3, 0.4) is 0 Å². The molecule has 0 aliphatic rings. The summed E-state index contributed by atoms with van der Waals surface area (Å²) in [5.41, 5.74) is 1.28. The number of carboxylic acids is 1. The molecule has 5 heteroatoms. The molecule has 21 heavy (non-hydrogen) atoms. The third-order valence-corrected chi connectivity index (χ3v) is 2.92. The number of carbonyl (C=O) groups is 1. The molecule has 0 spiro atoms. The van der Waals surface area contributed by atoms with Crippen molar-refractivity contribution >= 4 is 18.1 Å². The van der Waals surface area contributed by atoms with Crippen molar-refractivity contribution in [1.82, 2.24) is 4.57 Å². The molecular formula is C16H14FNO3. The predicted molar refractivity (Wildman–Crippen MR) is 78.3 cm³/mol. The molecule has 1 heterocycles. The van der Waals surface area contributed by atoms with Gasteiger partial charge in [-0.05, 0) is 29.3 Å². The highest BCUT2D eigenvalue weighted by Gasteiger charge is 2.00. The Morgan fingerprint density at radius 3 is 2.43 bits per heavy atom. The van der Waals surface area contributed by atoms with Gasteiger partial charge in [0.25, 0.3) is 5.56 Å². The molecule has 0 unspecified atom stereocenters. The van der Waals surface area contributed by atoms with Gasteiger partial charge in [0.2, 0.25) is 0 Å². The minimum Gasteiger partial charge on any atom is -0.481 e. The van der Waals surface area contributed by atoms with Crippen molar-refractivity contribution < 1.29 is 14.3 Å². The fourth-order valence-corrected chi connectivity index (χ4v) is 1.79. The maximum atomic E-state index is 12.8. The van der Waals surface area contributed by atoms with Crippen LogP contribution in [0.2, 0.25) is 0 Å². The number of aliphatic carboxylic acids is 1. The Balaban J connectivity index is 2.11. The molecule has 1 N–H and O–H groups in total. The van der Waals surface area contributed by atoms with Crippen LogP contribution in [-0.4, -0.2) is 15.6 Å². The normalized spacial score (nSPS) is 10.9. The summed E-state index contributed by atoms with van der Waals surface area (Å²) < 4.78 is 14.1. The first-order valence-corrected chi connectivity index (χ1v) is 6.40. The van der Waals surface area contributed by atoms with E-state index in [0.717, 1.165) is 5.56 Å². The molecule has 0 saturated carbocycles. The third-order valence-electron chi connectivity index (χ3n) is 2.92. The molecule has 108 valence electrons. The number of aromatic nitrogens is 1. The molecule has 0 amide bonds. The standard InChI is InChI=1S/C16H14FNO3/c17-14-5-3-12(4-6-14)1-2-13-7-9-18(15(19)11-13)10-8-16(20)21/h1-7,9,11H,8,10H2,(H,20,21)/b2-1+. The zero-order chi connectivity index (χ0) is 15.2. The summed E-state index contributed by atoms with van der Waals surface area (Å²) >= 11 is 0. The third kappa shape index (κ3) is 4.42. The number of carboxylic acid groups (broad SMARTS) is 1. The second kappa shape index (κ2) is 6.65. The second-order valence-corrected chi connectivity index (χ2v) is 4.52. The van der Waals surface area contributed by atoms with Crippen LogP contribution in [0.25, 0.3) is 12.2 Å². The predicted octanol–water partition coefficient (Wildman–Crippen LogP) is 2.63. The van der Waals surface area contributed by atoms with Crippen molar-refractivity contribution in [2.24, 2.45) is 0 Å². The van der Waals surface area contributed by atoms with Gasteiger partial charge in [-0.25, -0.2) is 4.39 Å². The lowest BCUT2D eigenvalue weighted by molar-refractivity contribution is -0.137. The molecule has 4 nitrogen and oxygen atoms in total. The first-order valence-electron chi connectivity index (χ1n) is 6.40. The summed E-state index contributed by atoms with van der Waals surface area (Å²) in [7, 11) is 0. The monoisotopic (exact) mass is 287 g/mol. The van der Waals surface area contributed by atoms with Crippen LogP contribution in [0.4, 0.5) is 4.39 Å². The second-order valence-electron chi connectivity index (χ2n) is 4.52. The van der Waals surface area contributed by atoms with Crippen LogP contribution in [-0.2, 0) is 11.3 Å². The fourth-order valence-electron chi connectivity index (χ4n) is 1.79. The average Bonchev–Trinajstić information content (AvgIpc) is 2.45. The van der Waals surface area contributed by atoms with E-state index >= 15 is 0 Å². The van der Waals surface area contributed by atoms with Gasteiger partial charge in [-0.2, -0.15) is 0 Å². The molecular weight excluding hydrogens is 273 g/mol. The van der Waals surface area contributed by atoms with Crippen LogP contribution in [0, 0.1) is 5.82 Å². The van der Waals surface area contributed by atoms with Gasteiger partial charge in [0.15, 0.2) is 0 Å². The van der Waals surface area contributed by atoms with Crippen LogP contribution < -0.4 is 5.56 Å². The lowest BCUT2D eigenvalue weighted by Gasteiger charge is -2.03. The Hall–Kier alpha value is -2.69. The van der Waals surface area contributed by atoms with E-state index in [0.29, 0.717) is 5.56 Å². The maximum Gasteiger partial charge on any atom is 0.305 e. The van der Waals surface area contributed by atoms with Gasteiger partial charge in [0.05, 0.1) is 6.42 Å². The quantitative estimate of drug-likeness (QED) is 0.919. The minimum absolute atomic E-state index is 0.0926. The first kappa shape index (κ1) is 14.7. The Bertz CT molecular complexity index is 717. The van der Waals surface area contributed by atoms with E-state index in [9.17, 15) is 14.0 Å². The summed E-state index contributed by atoms with van der Waals surface area (Å²) in [5, 5.41) is 8.60. The number of halogens is 1. The summed E-state index contributed by atoms with van der Waals surface area (Å²) in [6.07, 6.45) is 4.99. The van der Waals surface area contributed by atoms with Crippen molar-refractivity contribution in [2.75, 3.05) is 0 Å². The lowest BCUT2D eigenvalue weighted by atomic mass is 10.1. The summed E-state index contributed by atoms with van der Waals surface area (Å²) in [4.78, 5) is 22.3. The number of nitrogens with zero attached hydrogens (tertiary/aromatic N) is 1. The average molecular weight is 287 g/mol. The number of aryl methyl sites for hydroxylation is 1. The topological polar surface area (TPSA) is 59.3 Å². The molecule has 0 fully saturated rings. The van der Waals surface area contributed by atoms with E-state index < -0.39 is 5.97 Å². The zero-order valence-electron chi connectivity index (χ0n) is 11.2. The zero-order valence-corrected chi connectivity index (χ0v) is 11.2. The smallest absolute Gasteiger partial charge is 0.305 e. The number of pyridine rings is 1.